The second-order valence-corrected chi connectivity index (χ2v) is 5.07. The van der Waals surface area contributed by atoms with E-state index in [1.54, 1.807) is 6.07 Å². The predicted octanol–water partition coefficient (Wildman–Crippen LogP) is 2.09. The number of aliphatic hydroxyl groups is 1. The number of rotatable bonds is 6. The van der Waals surface area contributed by atoms with E-state index in [-0.39, 0.29) is 6.61 Å². The first-order valence-electron chi connectivity index (χ1n) is 7.15. The van der Waals surface area contributed by atoms with Crippen LogP contribution in [0.4, 0.5) is 22.7 Å². The summed E-state index contributed by atoms with van der Waals surface area (Å²) < 4.78 is 0. The lowest BCUT2D eigenvalue weighted by atomic mass is 10.0. The lowest BCUT2D eigenvalue weighted by Crippen LogP contribution is -2.02. The van der Waals surface area contributed by atoms with Crippen LogP contribution in [-0.2, 0) is 6.42 Å². The van der Waals surface area contributed by atoms with E-state index in [0.29, 0.717) is 24.3 Å². The molecular formula is C17H22N4O. The second-order valence-electron chi connectivity index (χ2n) is 5.07. The van der Waals surface area contributed by atoms with Gasteiger partial charge in [-0.05, 0) is 47.9 Å². The molecule has 0 radical (unpaired) electrons. The Kier molecular flexibility index (Phi) is 5.27. The van der Waals surface area contributed by atoms with Crippen molar-refractivity contribution in [2.45, 2.75) is 6.42 Å². The molecule has 0 aliphatic heterocycles. The zero-order valence-corrected chi connectivity index (χ0v) is 12.4. The number of nitrogen functional groups attached to an aromatic ring is 3. The predicted molar refractivity (Wildman–Crippen MR) is 94.4 cm³/mol. The third-order valence-corrected chi connectivity index (χ3v) is 3.31. The van der Waals surface area contributed by atoms with E-state index in [9.17, 15) is 0 Å². The summed E-state index contributed by atoms with van der Waals surface area (Å²) in [7, 11) is 0. The highest BCUT2D eigenvalue weighted by atomic mass is 16.2. The first-order chi connectivity index (χ1) is 10.6. The van der Waals surface area contributed by atoms with Gasteiger partial charge in [0.2, 0.25) is 0 Å². The van der Waals surface area contributed by atoms with Gasteiger partial charge in [-0.3, -0.25) is 0 Å². The Balaban J connectivity index is 2.04. The molecule has 0 aliphatic rings. The van der Waals surface area contributed by atoms with Gasteiger partial charge in [0, 0.05) is 35.9 Å². The van der Waals surface area contributed by atoms with Crippen molar-refractivity contribution in [3.8, 4) is 0 Å². The van der Waals surface area contributed by atoms with Crippen molar-refractivity contribution in [1.82, 2.24) is 0 Å². The van der Waals surface area contributed by atoms with Crippen molar-refractivity contribution in [3.05, 3.63) is 53.6 Å². The molecule has 0 saturated heterocycles. The molecule has 22 heavy (non-hydrogen) atoms. The molecule has 116 valence electrons. The lowest BCUT2D eigenvalue weighted by molar-refractivity contribution is 0.300. The van der Waals surface area contributed by atoms with Crippen molar-refractivity contribution in [3.63, 3.8) is 0 Å². The van der Waals surface area contributed by atoms with Gasteiger partial charge in [-0.2, -0.15) is 0 Å². The molecule has 0 amide bonds. The number of benzene rings is 2. The Morgan fingerprint density at radius 3 is 2.59 bits per heavy atom. The molecule has 0 atom stereocenters. The SMILES string of the molecule is Nc1cccc(NC/C=C/c2cc(N)cc(CCO)c2N)c1. The molecule has 0 saturated carbocycles. The fourth-order valence-electron chi connectivity index (χ4n) is 2.24. The maximum absolute atomic E-state index is 9.05. The molecule has 0 heterocycles. The summed E-state index contributed by atoms with van der Waals surface area (Å²) in [5.74, 6) is 0. The van der Waals surface area contributed by atoms with Crippen molar-refractivity contribution in [1.29, 1.82) is 0 Å². The first-order valence-corrected chi connectivity index (χ1v) is 7.15. The quantitative estimate of drug-likeness (QED) is 0.524. The van der Waals surface area contributed by atoms with Crippen molar-refractivity contribution >= 4 is 28.8 Å². The summed E-state index contributed by atoms with van der Waals surface area (Å²) in [4.78, 5) is 0. The van der Waals surface area contributed by atoms with E-state index in [0.717, 1.165) is 22.5 Å². The zero-order chi connectivity index (χ0) is 15.9. The Morgan fingerprint density at radius 1 is 1.05 bits per heavy atom. The van der Waals surface area contributed by atoms with Crippen LogP contribution < -0.4 is 22.5 Å². The minimum absolute atomic E-state index is 0.0494. The highest BCUT2D eigenvalue weighted by molar-refractivity contribution is 5.72. The maximum Gasteiger partial charge on any atom is 0.0472 e. The molecule has 2 rings (SSSR count). The first kappa shape index (κ1) is 15.7. The summed E-state index contributed by atoms with van der Waals surface area (Å²) in [6.45, 7) is 0.695. The van der Waals surface area contributed by atoms with Crippen LogP contribution in [0.25, 0.3) is 6.08 Å². The van der Waals surface area contributed by atoms with Crippen LogP contribution in [-0.4, -0.2) is 18.3 Å². The van der Waals surface area contributed by atoms with E-state index in [4.69, 9.17) is 22.3 Å². The third kappa shape index (κ3) is 4.17. The van der Waals surface area contributed by atoms with E-state index in [1.165, 1.54) is 0 Å². The number of nitrogens with one attached hydrogen (secondary N) is 1. The normalized spacial score (nSPS) is 11.0. The molecule has 2 aromatic rings. The average molecular weight is 298 g/mol. The van der Waals surface area contributed by atoms with Crippen molar-refractivity contribution in [2.24, 2.45) is 0 Å². The minimum Gasteiger partial charge on any atom is -0.399 e. The molecule has 2 aromatic carbocycles. The summed E-state index contributed by atoms with van der Waals surface area (Å²) in [5.41, 5.74) is 22.4. The van der Waals surface area contributed by atoms with E-state index >= 15 is 0 Å². The van der Waals surface area contributed by atoms with Crippen LogP contribution in [0, 0.1) is 0 Å². The monoisotopic (exact) mass is 298 g/mol. The molecule has 0 fully saturated rings. The van der Waals surface area contributed by atoms with Gasteiger partial charge in [-0.1, -0.05) is 18.2 Å². The topological polar surface area (TPSA) is 110 Å². The Morgan fingerprint density at radius 2 is 1.86 bits per heavy atom. The number of anilines is 4. The molecule has 8 N–H and O–H groups in total. The number of hydrogen-bond acceptors (Lipinski definition) is 5. The van der Waals surface area contributed by atoms with Crippen LogP contribution in [0.2, 0.25) is 0 Å². The van der Waals surface area contributed by atoms with Crippen LogP contribution >= 0.6 is 0 Å². The van der Waals surface area contributed by atoms with Gasteiger partial charge in [0.25, 0.3) is 0 Å². The Labute approximate surface area is 130 Å². The van der Waals surface area contributed by atoms with E-state index in [2.05, 4.69) is 5.32 Å². The van der Waals surface area contributed by atoms with Gasteiger partial charge in [-0.15, -0.1) is 0 Å². The van der Waals surface area contributed by atoms with Crippen molar-refractivity contribution < 1.29 is 5.11 Å². The van der Waals surface area contributed by atoms with E-state index < -0.39 is 0 Å². The van der Waals surface area contributed by atoms with Gasteiger partial charge in [-0.25, -0.2) is 0 Å². The third-order valence-electron chi connectivity index (χ3n) is 3.31. The molecule has 0 aliphatic carbocycles. The average Bonchev–Trinajstić information content (AvgIpc) is 2.48. The second kappa shape index (κ2) is 7.38. The van der Waals surface area contributed by atoms with Gasteiger partial charge in [0.1, 0.15) is 0 Å². The summed E-state index contributed by atoms with van der Waals surface area (Å²) >= 11 is 0. The molecule has 0 aromatic heterocycles. The van der Waals surface area contributed by atoms with Gasteiger partial charge < -0.3 is 27.6 Å². The largest absolute Gasteiger partial charge is 0.399 e. The minimum atomic E-state index is 0.0494. The Bertz CT molecular complexity index is 668. The maximum atomic E-state index is 9.05. The summed E-state index contributed by atoms with van der Waals surface area (Å²) in [5, 5.41) is 12.3. The molecule has 5 heteroatoms. The molecule has 5 nitrogen and oxygen atoms in total. The number of aliphatic hydroxyl groups excluding tert-OH is 1. The fourth-order valence-corrected chi connectivity index (χ4v) is 2.24. The molecule has 0 spiro atoms. The van der Waals surface area contributed by atoms with Crippen molar-refractivity contribution in [2.75, 3.05) is 35.7 Å². The number of nitrogens with two attached hydrogens (primary N) is 3. The molecule has 0 bridgehead atoms. The van der Waals surface area contributed by atoms with Crippen LogP contribution in [0.5, 0.6) is 0 Å². The van der Waals surface area contributed by atoms with Crippen LogP contribution in [0.1, 0.15) is 11.1 Å². The summed E-state index contributed by atoms with van der Waals surface area (Å²) in [6, 6.07) is 11.2. The van der Waals surface area contributed by atoms with Gasteiger partial charge >= 0.3 is 0 Å². The van der Waals surface area contributed by atoms with Crippen LogP contribution in [0.3, 0.4) is 0 Å². The van der Waals surface area contributed by atoms with Gasteiger partial charge in [0.15, 0.2) is 0 Å². The zero-order valence-electron chi connectivity index (χ0n) is 12.4. The fraction of sp³-hybridized carbons (Fsp3) is 0.176. The highest BCUT2D eigenvalue weighted by Gasteiger charge is 2.04. The van der Waals surface area contributed by atoms with Crippen LogP contribution in [0.15, 0.2) is 42.5 Å². The smallest absolute Gasteiger partial charge is 0.0472 e. The number of hydrogen-bond donors (Lipinski definition) is 5. The standard InChI is InChI=1S/C17H22N4O/c18-14-4-1-5-16(11-14)21-7-2-3-12-9-15(19)10-13(6-8-22)17(12)20/h1-5,9-11,21-22H,6-8,18-20H2/b3-2+. The molecular weight excluding hydrogens is 276 g/mol. The highest BCUT2D eigenvalue weighted by Crippen LogP contribution is 2.23. The van der Waals surface area contributed by atoms with Gasteiger partial charge in [0.05, 0.1) is 0 Å². The summed E-state index contributed by atoms with van der Waals surface area (Å²) in [6.07, 6.45) is 4.39. The lowest BCUT2D eigenvalue weighted by Gasteiger charge is -2.09. The Hall–Kier alpha value is -2.66. The molecule has 0 unspecified atom stereocenters. The van der Waals surface area contributed by atoms with E-state index in [1.807, 2.05) is 42.5 Å².